The summed E-state index contributed by atoms with van der Waals surface area (Å²) in [6.07, 6.45) is 0. The predicted molar refractivity (Wildman–Crippen MR) is 161 cm³/mol. The molecule has 0 N–H and O–H groups in total. The van der Waals surface area contributed by atoms with Gasteiger partial charge in [-0.2, -0.15) is 36.4 Å². The first kappa shape index (κ1) is 25.4. The number of fused-ring (bicyclic) bond motifs is 2. The summed E-state index contributed by atoms with van der Waals surface area (Å²) in [5.41, 5.74) is 9.52. The number of hydrogen-bond donors (Lipinski definition) is 0. The Labute approximate surface area is 254 Å². The van der Waals surface area contributed by atoms with E-state index in [0.29, 0.717) is 0 Å². The van der Waals surface area contributed by atoms with Crippen LogP contribution in [0, 0.1) is 12.1 Å². The van der Waals surface area contributed by atoms with Crippen molar-refractivity contribution >= 4 is 21.5 Å². The van der Waals surface area contributed by atoms with Crippen molar-refractivity contribution in [2.75, 3.05) is 0 Å². The third-order valence-electron chi connectivity index (χ3n) is 7.31. The van der Waals surface area contributed by atoms with E-state index in [2.05, 4.69) is 140 Å². The Balaban J connectivity index is 0.00000277. The summed E-state index contributed by atoms with van der Waals surface area (Å²) in [6, 6.07) is 58.5. The second-order valence-corrected chi connectivity index (χ2v) is 9.52. The number of hydrogen-bond acceptors (Lipinski definition) is 0. The van der Waals surface area contributed by atoms with E-state index in [1.54, 1.807) is 0 Å². The van der Waals surface area contributed by atoms with Crippen LogP contribution in [-0.4, -0.2) is 0 Å². The van der Waals surface area contributed by atoms with Crippen molar-refractivity contribution in [1.82, 2.24) is 0 Å². The van der Waals surface area contributed by atoms with Gasteiger partial charge in [0.2, 0.25) is 0 Å². The average molecular weight is 570 g/mol. The molecule has 0 aliphatic heterocycles. The van der Waals surface area contributed by atoms with Crippen LogP contribution in [0.5, 0.6) is 0 Å². The van der Waals surface area contributed by atoms with Crippen molar-refractivity contribution in [3.05, 3.63) is 158 Å². The van der Waals surface area contributed by atoms with E-state index < -0.39 is 0 Å². The Morgan fingerprint density at radius 2 is 0.897 bits per heavy atom. The molecule has 0 saturated heterocycles. The quantitative estimate of drug-likeness (QED) is 0.146. The first-order valence-corrected chi connectivity index (χ1v) is 13.0. The maximum atomic E-state index is 3.53. The van der Waals surface area contributed by atoms with E-state index in [-0.39, 0.29) is 32.7 Å². The van der Waals surface area contributed by atoms with Crippen molar-refractivity contribution < 1.29 is 32.7 Å². The van der Waals surface area contributed by atoms with Crippen LogP contribution in [0.3, 0.4) is 0 Å². The second kappa shape index (κ2) is 11.1. The maximum absolute atomic E-state index is 3.53. The van der Waals surface area contributed by atoms with E-state index in [1.807, 2.05) is 18.2 Å². The van der Waals surface area contributed by atoms with Gasteiger partial charge in [-0.15, -0.1) is 18.2 Å². The smallest absolute Gasteiger partial charge is 0 e. The fourth-order valence-electron chi connectivity index (χ4n) is 5.61. The number of benzene rings is 7. The van der Waals surface area contributed by atoms with Crippen molar-refractivity contribution in [3.8, 4) is 44.5 Å². The molecule has 0 spiro atoms. The second-order valence-electron chi connectivity index (χ2n) is 9.52. The van der Waals surface area contributed by atoms with Gasteiger partial charge in [0.25, 0.3) is 0 Å². The minimum Gasteiger partial charge on any atom is -0.226 e. The largest absolute Gasteiger partial charge is 0.226 e. The van der Waals surface area contributed by atoms with Crippen molar-refractivity contribution in [2.45, 2.75) is 0 Å². The van der Waals surface area contributed by atoms with E-state index in [0.717, 1.165) is 11.1 Å². The Morgan fingerprint density at radius 1 is 0.359 bits per heavy atom. The molecule has 0 saturated carbocycles. The Bertz CT molecular complexity index is 1830. The summed E-state index contributed by atoms with van der Waals surface area (Å²) in [4.78, 5) is 0. The Kier molecular flexibility index (Phi) is 7.25. The minimum atomic E-state index is 0. The van der Waals surface area contributed by atoms with Gasteiger partial charge in [0.15, 0.2) is 0 Å². The molecule has 0 nitrogen and oxygen atoms in total. The summed E-state index contributed by atoms with van der Waals surface area (Å²) in [6.45, 7) is 0. The van der Waals surface area contributed by atoms with Crippen molar-refractivity contribution in [1.29, 1.82) is 0 Å². The molecular formula is C38H24Y-2. The Hall–Kier alpha value is -3.84. The van der Waals surface area contributed by atoms with Gasteiger partial charge in [0.05, 0.1) is 0 Å². The number of rotatable bonds is 4. The van der Waals surface area contributed by atoms with Crippen LogP contribution in [0.4, 0.5) is 0 Å². The normalized spacial score (nSPS) is 10.9. The Morgan fingerprint density at radius 3 is 1.49 bits per heavy atom. The third-order valence-corrected chi connectivity index (χ3v) is 7.31. The van der Waals surface area contributed by atoms with Crippen LogP contribution in [0.2, 0.25) is 0 Å². The fourth-order valence-corrected chi connectivity index (χ4v) is 5.61. The van der Waals surface area contributed by atoms with Gasteiger partial charge in [-0.05, 0) is 49.4 Å². The summed E-state index contributed by atoms with van der Waals surface area (Å²) in [5.74, 6) is 0. The molecule has 0 fully saturated rings. The molecule has 7 aromatic rings. The standard InChI is InChI=1S/C38H24.Y/c1-3-13-27(14-4-1)28-23-25-30(26-24-28)37-33-19-9-11-21-35(33)38(36-22-12-10-20-34(36)37)32-18-8-7-17-31(32)29-15-5-2-6-16-29;/h1-13,15-23,25-26H;/q-2;. The summed E-state index contributed by atoms with van der Waals surface area (Å²) >= 11 is 0. The van der Waals surface area contributed by atoms with Crippen LogP contribution in [0.15, 0.2) is 146 Å². The first-order chi connectivity index (χ1) is 18.9. The molecule has 0 aliphatic rings. The fraction of sp³-hybridized carbons (Fsp3) is 0. The van der Waals surface area contributed by atoms with Crippen molar-refractivity contribution in [2.24, 2.45) is 0 Å². The van der Waals surface area contributed by atoms with Gasteiger partial charge in [-0.3, -0.25) is 0 Å². The molecule has 0 aromatic heterocycles. The van der Waals surface area contributed by atoms with Crippen LogP contribution in [-0.2, 0) is 32.7 Å². The summed E-state index contributed by atoms with van der Waals surface area (Å²) < 4.78 is 0. The predicted octanol–water partition coefficient (Wildman–Crippen LogP) is 10.3. The zero-order chi connectivity index (χ0) is 25.3. The molecule has 181 valence electrons. The molecule has 0 amide bonds. The third kappa shape index (κ3) is 4.65. The van der Waals surface area contributed by atoms with Gasteiger partial charge < -0.3 is 0 Å². The molecule has 1 radical (unpaired) electrons. The van der Waals surface area contributed by atoms with Gasteiger partial charge in [0, 0.05) is 32.7 Å². The van der Waals surface area contributed by atoms with E-state index >= 15 is 0 Å². The van der Waals surface area contributed by atoms with Crippen LogP contribution < -0.4 is 0 Å². The zero-order valence-electron chi connectivity index (χ0n) is 21.4. The van der Waals surface area contributed by atoms with Crippen LogP contribution in [0.25, 0.3) is 66.1 Å². The molecule has 39 heavy (non-hydrogen) atoms. The zero-order valence-corrected chi connectivity index (χ0v) is 24.3. The molecule has 7 rings (SSSR count). The molecule has 7 aromatic carbocycles. The average Bonchev–Trinajstić information content (AvgIpc) is 3.01. The van der Waals surface area contributed by atoms with E-state index in [4.69, 9.17) is 0 Å². The summed E-state index contributed by atoms with van der Waals surface area (Å²) in [5, 5.41) is 5.00. The van der Waals surface area contributed by atoms with Crippen molar-refractivity contribution in [3.63, 3.8) is 0 Å². The van der Waals surface area contributed by atoms with Crippen LogP contribution >= 0.6 is 0 Å². The SMILES string of the molecule is [Y].[c-]1ccccc1-c1[c-]cc(-c2c3ccccc3c(-c3ccccc3-c3ccccc3)c3ccccc23)cc1. The minimum absolute atomic E-state index is 0. The van der Waals surface area contributed by atoms with Gasteiger partial charge >= 0.3 is 0 Å². The van der Waals surface area contributed by atoms with E-state index in [1.165, 1.54) is 54.9 Å². The molecule has 0 unspecified atom stereocenters. The van der Waals surface area contributed by atoms with Gasteiger partial charge in [-0.1, -0.05) is 109 Å². The van der Waals surface area contributed by atoms with Gasteiger partial charge in [-0.25, -0.2) is 11.1 Å². The molecule has 0 atom stereocenters. The molecule has 0 bridgehead atoms. The monoisotopic (exact) mass is 569 g/mol. The first-order valence-electron chi connectivity index (χ1n) is 13.0. The molecular weight excluding hydrogens is 545 g/mol. The van der Waals surface area contributed by atoms with Gasteiger partial charge in [0.1, 0.15) is 0 Å². The molecule has 0 aliphatic carbocycles. The topological polar surface area (TPSA) is 0 Å². The molecule has 1 heteroatoms. The maximum Gasteiger partial charge on any atom is 0 e. The summed E-state index contributed by atoms with van der Waals surface area (Å²) in [7, 11) is 0. The molecule has 0 heterocycles. The van der Waals surface area contributed by atoms with E-state index in [9.17, 15) is 0 Å². The van der Waals surface area contributed by atoms with Crippen LogP contribution in [0.1, 0.15) is 0 Å².